The van der Waals surface area contributed by atoms with Crippen LogP contribution >= 0.6 is 0 Å². The first-order chi connectivity index (χ1) is 8.74. The molecule has 3 nitrogen and oxygen atoms in total. The van der Waals surface area contributed by atoms with Crippen LogP contribution in [0.4, 0.5) is 0 Å². The van der Waals surface area contributed by atoms with Crippen molar-refractivity contribution in [2.75, 3.05) is 12.9 Å². The van der Waals surface area contributed by atoms with Gasteiger partial charge in [-0.1, -0.05) is 29.3 Å². The van der Waals surface area contributed by atoms with Gasteiger partial charge in [0.15, 0.2) is 0 Å². The summed E-state index contributed by atoms with van der Waals surface area (Å²) < 4.78 is 16.9. The van der Waals surface area contributed by atoms with Crippen LogP contribution in [-0.2, 0) is 26.1 Å². The van der Waals surface area contributed by atoms with E-state index in [1.165, 1.54) is 18.2 Å². The number of rotatable bonds is 5. The molecule has 0 heterocycles. The number of hydrogen-bond acceptors (Lipinski definition) is 3. The predicted molar refractivity (Wildman–Crippen MR) is 78.4 cm³/mol. The molecule has 0 N–H and O–H groups in total. The number of methoxy groups -OCH3 is 1. The summed E-state index contributed by atoms with van der Waals surface area (Å²) >= 11 is 0. The van der Waals surface area contributed by atoms with E-state index in [1.807, 2.05) is 26.0 Å². The molecule has 1 rings (SSSR count). The fraction of sp³-hybridized carbons (Fsp3) is 0.533. The van der Waals surface area contributed by atoms with Crippen molar-refractivity contribution in [2.24, 2.45) is 5.41 Å². The van der Waals surface area contributed by atoms with Crippen LogP contribution in [0.5, 0.6) is 0 Å². The molecule has 0 saturated heterocycles. The molecule has 0 aliphatic carbocycles. The fourth-order valence-electron chi connectivity index (χ4n) is 2.13. The van der Waals surface area contributed by atoms with Crippen molar-refractivity contribution >= 4 is 16.8 Å². The average molecular weight is 282 g/mol. The summed E-state index contributed by atoms with van der Waals surface area (Å²) in [6.45, 7) is 7.58. The van der Waals surface area contributed by atoms with Crippen molar-refractivity contribution in [3.63, 3.8) is 0 Å². The Bertz CT molecular complexity index is 472. The third-order valence-corrected chi connectivity index (χ3v) is 4.57. The molecule has 0 saturated carbocycles. The minimum atomic E-state index is -1.08. The van der Waals surface area contributed by atoms with Gasteiger partial charge in [-0.15, -0.1) is 0 Å². The minimum Gasteiger partial charge on any atom is -0.469 e. The van der Waals surface area contributed by atoms with Crippen molar-refractivity contribution in [2.45, 2.75) is 33.4 Å². The zero-order valence-corrected chi connectivity index (χ0v) is 13.1. The Morgan fingerprint density at radius 2 is 1.74 bits per heavy atom. The molecular weight excluding hydrogens is 260 g/mol. The van der Waals surface area contributed by atoms with Gasteiger partial charge in [-0.2, -0.15) is 0 Å². The molecule has 0 aliphatic heterocycles. The Kier molecular flexibility index (Phi) is 5.29. The second-order valence-electron chi connectivity index (χ2n) is 5.60. The summed E-state index contributed by atoms with van der Waals surface area (Å²) in [7, 11) is 0.278. The molecule has 4 heteroatoms. The smallest absolute Gasteiger partial charge is 0.312 e. The SMILES string of the molecule is COC(=O)C(C)(C)CS(=O)Cc1cc(C)cc(C)c1. The van der Waals surface area contributed by atoms with Crippen LogP contribution in [0, 0.1) is 19.3 Å². The average Bonchev–Trinajstić information content (AvgIpc) is 2.25. The second-order valence-corrected chi connectivity index (χ2v) is 7.06. The number of esters is 1. The largest absolute Gasteiger partial charge is 0.469 e. The predicted octanol–water partition coefficient (Wildman–Crippen LogP) is 2.75. The first-order valence-electron chi connectivity index (χ1n) is 6.25. The molecule has 1 atom stereocenters. The zero-order chi connectivity index (χ0) is 14.6. The van der Waals surface area contributed by atoms with Crippen LogP contribution in [0.1, 0.15) is 30.5 Å². The van der Waals surface area contributed by atoms with Crippen molar-refractivity contribution < 1.29 is 13.7 Å². The van der Waals surface area contributed by atoms with E-state index in [1.54, 1.807) is 13.8 Å². The molecule has 106 valence electrons. The number of hydrogen-bond donors (Lipinski definition) is 0. The Hall–Kier alpha value is -1.16. The third-order valence-electron chi connectivity index (χ3n) is 2.87. The Balaban J connectivity index is 2.73. The molecule has 0 amide bonds. The normalized spacial score (nSPS) is 13.1. The standard InChI is InChI=1S/C15H22O3S/c1-11-6-12(2)8-13(7-11)9-19(17)10-15(3,4)14(16)18-5/h6-8H,9-10H2,1-5H3. The van der Waals surface area contributed by atoms with E-state index >= 15 is 0 Å². The van der Waals surface area contributed by atoms with Crippen molar-refractivity contribution in [3.8, 4) is 0 Å². The summed E-state index contributed by atoms with van der Waals surface area (Å²) in [5, 5.41) is 0. The minimum absolute atomic E-state index is 0.312. The van der Waals surface area contributed by atoms with E-state index in [0.717, 1.165) is 5.56 Å². The van der Waals surface area contributed by atoms with Gasteiger partial charge in [0.25, 0.3) is 0 Å². The Morgan fingerprint density at radius 1 is 1.21 bits per heavy atom. The first kappa shape index (κ1) is 15.9. The summed E-state index contributed by atoms with van der Waals surface area (Å²) in [6, 6.07) is 6.16. The maximum atomic E-state index is 12.2. The molecule has 0 radical (unpaired) electrons. The van der Waals surface area contributed by atoms with Crippen molar-refractivity contribution in [1.82, 2.24) is 0 Å². The molecule has 0 spiro atoms. The monoisotopic (exact) mass is 282 g/mol. The van der Waals surface area contributed by atoms with E-state index in [0.29, 0.717) is 11.5 Å². The van der Waals surface area contributed by atoms with Gasteiger partial charge in [0.1, 0.15) is 0 Å². The lowest BCUT2D eigenvalue weighted by molar-refractivity contribution is -0.149. The van der Waals surface area contributed by atoms with Gasteiger partial charge in [-0.05, 0) is 33.3 Å². The van der Waals surface area contributed by atoms with Gasteiger partial charge < -0.3 is 4.74 Å². The molecular formula is C15H22O3S. The summed E-state index contributed by atoms with van der Waals surface area (Å²) in [6.07, 6.45) is 0. The van der Waals surface area contributed by atoms with Gasteiger partial charge in [-0.3, -0.25) is 9.00 Å². The maximum absolute atomic E-state index is 12.2. The molecule has 0 aromatic heterocycles. The van der Waals surface area contributed by atoms with Crippen LogP contribution in [0.25, 0.3) is 0 Å². The highest BCUT2D eigenvalue weighted by Gasteiger charge is 2.30. The highest BCUT2D eigenvalue weighted by atomic mass is 32.2. The van der Waals surface area contributed by atoms with Crippen molar-refractivity contribution in [1.29, 1.82) is 0 Å². The number of carbonyl (C=O) groups is 1. The number of aryl methyl sites for hydroxylation is 2. The van der Waals surface area contributed by atoms with Gasteiger partial charge in [0, 0.05) is 22.3 Å². The molecule has 1 aromatic carbocycles. The van der Waals surface area contributed by atoms with Gasteiger partial charge >= 0.3 is 5.97 Å². The van der Waals surface area contributed by atoms with Crippen LogP contribution in [0.2, 0.25) is 0 Å². The van der Waals surface area contributed by atoms with Crippen LogP contribution in [0.3, 0.4) is 0 Å². The lowest BCUT2D eigenvalue weighted by Gasteiger charge is -2.20. The summed E-state index contributed by atoms with van der Waals surface area (Å²) in [5.41, 5.74) is 2.67. The lowest BCUT2D eigenvalue weighted by atomic mass is 9.97. The van der Waals surface area contributed by atoms with E-state index < -0.39 is 16.2 Å². The van der Waals surface area contributed by atoms with E-state index in [9.17, 15) is 9.00 Å². The molecule has 0 fully saturated rings. The Morgan fingerprint density at radius 3 is 2.21 bits per heavy atom. The highest BCUT2D eigenvalue weighted by Crippen LogP contribution is 2.20. The van der Waals surface area contributed by atoms with E-state index in [2.05, 4.69) is 6.07 Å². The summed E-state index contributed by atoms with van der Waals surface area (Å²) in [4.78, 5) is 11.6. The van der Waals surface area contributed by atoms with Crippen LogP contribution in [0.15, 0.2) is 18.2 Å². The Labute approximate surface area is 117 Å². The zero-order valence-electron chi connectivity index (χ0n) is 12.3. The lowest BCUT2D eigenvalue weighted by Crippen LogP contribution is -2.31. The van der Waals surface area contributed by atoms with E-state index in [4.69, 9.17) is 4.74 Å². The molecule has 1 unspecified atom stereocenters. The van der Waals surface area contributed by atoms with Gasteiger partial charge in [0.05, 0.1) is 12.5 Å². The molecule has 0 aliphatic rings. The highest BCUT2D eigenvalue weighted by molar-refractivity contribution is 7.84. The van der Waals surface area contributed by atoms with Crippen LogP contribution < -0.4 is 0 Å². The van der Waals surface area contributed by atoms with Gasteiger partial charge in [0.2, 0.25) is 0 Å². The molecule has 19 heavy (non-hydrogen) atoms. The van der Waals surface area contributed by atoms with Crippen molar-refractivity contribution in [3.05, 3.63) is 34.9 Å². The second kappa shape index (κ2) is 6.33. The number of benzene rings is 1. The van der Waals surface area contributed by atoms with Gasteiger partial charge in [-0.25, -0.2) is 0 Å². The fourth-order valence-corrected chi connectivity index (χ4v) is 3.69. The first-order valence-corrected chi connectivity index (χ1v) is 7.74. The molecule has 0 bridgehead atoms. The third kappa shape index (κ3) is 4.78. The topological polar surface area (TPSA) is 43.4 Å². The maximum Gasteiger partial charge on any atom is 0.312 e. The number of ether oxygens (including phenoxy) is 1. The number of carbonyl (C=O) groups excluding carboxylic acids is 1. The van der Waals surface area contributed by atoms with Crippen LogP contribution in [-0.4, -0.2) is 23.0 Å². The quantitative estimate of drug-likeness (QED) is 0.780. The summed E-state index contributed by atoms with van der Waals surface area (Å²) in [5.74, 6) is 0.469. The molecule has 1 aromatic rings. The van der Waals surface area contributed by atoms with E-state index in [-0.39, 0.29) is 5.97 Å².